The summed E-state index contributed by atoms with van der Waals surface area (Å²) < 4.78 is 0. The Balaban J connectivity index is 2.53. The summed E-state index contributed by atoms with van der Waals surface area (Å²) in [7, 11) is 2.14. The highest BCUT2D eigenvalue weighted by Crippen LogP contribution is 2.37. The molecule has 1 heterocycles. The fourth-order valence-electron chi connectivity index (χ4n) is 1.93. The number of rotatable bonds is 3. The molecule has 0 aromatic heterocycles. The first-order chi connectivity index (χ1) is 5.73. The quantitative estimate of drug-likeness (QED) is 0.465. The minimum Gasteiger partial charge on any atom is -0.396 e. The van der Waals surface area contributed by atoms with Crippen LogP contribution in [0.25, 0.3) is 0 Å². The van der Waals surface area contributed by atoms with Crippen molar-refractivity contribution >= 4 is 7.85 Å². The zero-order valence-corrected chi connectivity index (χ0v) is 7.71. The zero-order valence-electron chi connectivity index (χ0n) is 7.71. The van der Waals surface area contributed by atoms with Gasteiger partial charge in [0.25, 0.3) is 0 Å². The highest BCUT2D eigenvalue weighted by Gasteiger charge is 2.34. The number of nitrogens with one attached hydrogen (secondary N) is 1. The molecule has 0 radical (unpaired) electrons. The molecule has 0 amide bonds. The van der Waals surface area contributed by atoms with Gasteiger partial charge in [-0.2, -0.15) is 0 Å². The van der Waals surface area contributed by atoms with Gasteiger partial charge >= 0.3 is 0 Å². The van der Waals surface area contributed by atoms with Crippen molar-refractivity contribution in [3.8, 4) is 0 Å². The van der Waals surface area contributed by atoms with E-state index in [0.717, 1.165) is 25.9 Å². The number of hydrogen-bond acceptors (Lipinski definition) is 3. The predicted molar refractivity (Wildman–Crippen MR) is 51.0 cm³/mol. The Morgan fingerprint density at radius 2 is 2.08 bits per heavy atom. The lowest BCUT2D eigenvalue weighted by atomic mass is 9.57. The van der Waals surface area contributed by atoms with Crippen molar-refractivity contribution < 1.29 is 10.2 Å². The lowest BCUT2D eigenvalue weighted by molar-refractivity contribution is 0.103. The van der Waals surface area contributed by atoms with Crippen LogP contribution in [-0.4, -0.2) is 44.4 Å². The van der Waals surface area contributed by atoms with E-state index in [2.05, 4.69) is 13.2 Å². The summed E-state index contributed by atoms with van der Waals surface area (Å²) in [5.74, 6) is 0.0327. The molecular weight excluding hydrogens is 153 g/mol. The Hall–Kier alpha value is -0.0551. The molecule has 0 aromatic carbocycles. The van der Waals surface area contributed by atoms with Crippen molar-refractivity contribution in [3.05, 3.63) is 0 Å². The van der Waals surface area contributed by atoms with E-state index in [1.165, 1.54) is 0 Å². The zero-order chi connectivity index (χ0) is 9.03. The third-order valence-corrected chi connectivity index (χ3v) is 3.06. The van der Waals surface area contributed by atoms with Gasteiger partial charge in [-0.15, -0.1) is 0 Å². The first-order valence-corrected chi connectivity index (χ1v) is 4.65. The van der Waals surface area contributed by atoms with E-state index < -0.39 is 0 Å². The molecule has 1 fully saturated rings. The fraction of sp³-hybridized carbons (Fsp3) is 1.00. The topological polar surface area (TPSA) is 52.5 Å². The summed E-state index contributed by atoms with van der Waals surface area (Å²) >= 11 is 0. The SMILES string of the molecule is B[C@@]1(C(CO)CO)CCCNC1. The molecule has 0 unspecified atom stereocenters. The van der Waals surface area contributed by atoms with Crippen molar-refractivity contribution in [2.75, 3.05) is 26.3 Å². The standard InChI is InChI=1S/C8H18BNO2/c9-8(7(4-11)5-12)2-1-3-10-6-8/h7,10-12H,1-6,9H2/t8-/m0/s1. The first kappa shape index (κ1) is 10.0. The second-order valence-corrected chi connectivity index (χ2v) is 4.00. The Bertz CT molecular complexity index is 133. The van der Waals surface area contributed by atoms with Crippen LogP contribution in [0.2, 0.25) is 5.31 Å². The normalized spacial score (nSPS) is 30.9. The molecule has 1 saturated heterocycles. The van der Waals surface area contributed by atoms with Crippen LogP contribution >= 0.6 is 0 Å². The lowest BCUT2D eigenvalue weighted by Gasteiger charge is -2.39. The molecule has 1 rings (SSSR count). The second kappa shape index (κ2) is 4.26. The number of piperidine rings is 1. The monoisotopic (exact) mass is 171 g/mol. The van der Waals surface area contributed by atoms with Gasteiger partial charge in [0.05, 0.1) is 0 Å². The van der Waals surface area contributed by atoms with Crippen LogP contribution in [0.15, 0.2) is 0 Å². The van der Waals surface area contributed by atoms with Crippen molar-refractivity contribution in [3.63, 3.8) is 0 Å². The van der Waals surface area contributed by atoms with Gasteiger partial charge in [0.1, 0.15) is 7.85 Å². The summed E-state index contributed by atoms with van der Waals surface area (Å²) in [6.45, 7) is 2.17. The Kier molecular flexibility index (Phi) is 3.56. The maximum Gasteiger partial charge on any atom is 0.111 e. The van der Waals surface area contributed by atoms with E-state index >= 15 is 0 Å². The maximum absolute atomic E-state index is 9.06. The van der Waals surface area contributed by atoms with Gasteiger partial charge in [-0.1, -0.05) is 6.42 Å². The van der Waals surface area contributed by atoms with Gasteiger partial charge in [0.15, 0.2) is 0 Å². The van der Waals surface area contributed by atoms with Crippen molar-refractivity contribution in [1.82, 2.24) is 5.32 Å². The van der Waals surface area contributed by atoms with Crippen LogP contribution in [0, 0.1) is 5.92 Å². The molecule has 3 nitrogen and oxygen atoms in total. The maximum atomic E-state index is 9.06. The van der Waals surface area contributed by atoms with Crippen LogP contribution in [0.1, 0.15) is 12.8 Å². The molecule has 4 heteroatoms. The number of hydrogen-bond donors (Lipinski definition) is 3. The van der Waals surface area contributed by atoms with Gasteiger partial charge in [-0.25, -0.2) is 0 Å². The van der Waals surface area contributed by atoms with E-state index in [4.69, 9.17) is 10.2 Å². The molecule has 3 N–H and O–H groups in total. The van der Waals surface area contributed by atoms with Crippen molar-refractivity contribution in [1.29, 1.82) is 0 Å². The molecular formula is C8H18BNO2. The highest BCUT2D eigenvalue weighted by molar-refractivity contribution is 6.15. The predicted octanol–water partition coefficient (Wildman–Crippen LogP) is -1.24. The molecule has 1 atom stereocenters. The number of aliphatic hydroxyl groups is 2. The minimum absolute atomic E-state index is 0.0327. The van der Waals surface area contributed by atoms with E-state index in [1.807, 2.05) is 0 Å². The van der Waals surface area contributed by atoms with Gasteiger partial charge in [0.2, 0.25) is 0 Å². The fourth-order valence-corrected chi connectivity index (χ4v) is 1.93. The van der Waals surface area contributed by atoms with E-state index in [-0.39, 0.29) is 24.4 Å². The van der Waals surface area contributed by atoms with Crippen LogP contribution in [0.3, 0.4) is 0 Å². The minimum atomic E-state index is 0.0327. The Labute approximate surface area is 74.6 Å². The second-order valence-electron chi connectivity index (χ2n) is 4.00. The van der Waals surface area contributed by atoms with Crippen LogP contribution in [0.4, 0.5) is 0 Å². The Morgan fingerprint density at radius 1 is 1.42 bits per heavy atom. The van der Waals surface area contributed by atoms with Crippen LogP contribution in [-0.2, 0) is 0 Å². The third kappa shape index (κ3) is 2.00. The largest absolute Gasteiger partial charge is 0.396 e. The summed E-state index contributed by atoms with van der Waals surface area (Å²) in [6.07, 6.45) is 2.25. The summed E-state index contributed by atoms with van der Waals surface area (Å²) in [4.78, 5) is 0. The average Bonchev–Trinajstić information content (AvgIpc) is 2.07. The average molecular weight is 171 g/mol. The first-order valence-electron chi connectivity index (χ1n) is 4.65. The summed E-state index contributed by atoms with van der Waals surface area (Å²) in [6, 6.07) is 0. The van der Waals surface area contributed by atoms with E-state index in [1.54, 1.807) is 0 Å². The molecule has 0 aromatic rings. The van der Waals surface area contributed by atoms with Gasteiger partial charge in [0, 0.05) is 19.1 Å². The number of aliphatic hydroxyl groups excluding tert-OH is 2. The third-order valence-electron chi connectivity index (χ3n) is 3.06. The molecule has 0 bridgehead atoms. The van der Waals surface area contributed by atoms with E-state index in [9.17, 15) is 0 Å². The molecule has 0 saturated carbocycles. The van der Waals surface area contributed by atoms with Crippen LogP contribution in [0.5, 0.6) is 0 Å². The Morgan fingerprint density at radius 3 is 2.50 bits per heavy atom. The lowest BCUT2D eigenvalue weighted by Crippen LogP contribution is -2.42. The van der Waals surface area contributed by atoms with Gasteiger partial charge in [-0.05, 0) is 24.8 Å². The highest BCUT2D eigenvalue weighted by atomic mass is 16.3. The van der Waals surface area contributed by atoms with Crippen LogP contribution < -0.4 is 5.32 Å². The van der Waals surface area contributed by atoms with Gasteiger partial charge in [-0.3, -0.25) is 0 Å². The smallest absolute Gasteiger partial charge is 0.111 e. The summed E-state index contributed by atoms with van der Waals surface area (Å²) in [5, 5.41) is 21.5. The van der Waals surface area contributed by atoms with Crippen molar-refractivity contribution in [2.24, 2.45) is 5.92 Å². The molecule has 70 valence electrons. The molecule has 12 heavy (non-hydrogen) atoms. The van der Waals surface area contributed by atoms with Gasteiger partial charge < -0.3 is 15.5 Å². The molecule has 1 aliphatic rings. The van der Waals surface area contributed by atoms with Crippen molar-refractivity contribution in [2.45, 2.75) is 18.2 Å². The van der Waals surface area contributed by atoms with E-state index in [0.29, 0.717) is 0 Å². The molecule has 1 aliphatic heterocycles. The molecule has 0 spiro atoms. The molecule has 0 aliphatic carbocycles. The summed E-state index contributed by atoms with van der Waals surface area (Å²) in [5.41, 5.74) is 0.